The van der Waals surface area contributed by atoms with E-state index in [1.165, 1.54) is 0 Å². The molecule has 1 aliphatic rings. The smallest absolute Gasteiger partial charge is 0.410 e. The van der Waals surface area contributed by atoms with Crippen molar-refractivity contribution in [3.05, 3.63) is 45.2 Å². The highest BCUT2D eigenvalue weighted by molar-refractivity contribution is 14.1. The van der Waals surface area contributed by atoms with Crippen molar-refractivity contribution in [2.75, 3.05) is 13.6 Å². The summed E-state index contributed by atoms with van der Waals surface area (Å²) in [6, 6.07) is -0.0123. The second kappa shape index (κ2) is 11.2. The number of ether oxygens (including phenoxy) is 1. The zero-order chi connectivity index (χ0) is 23.2. The summed E-state index contributed by atoms with van der Waals surface area (Å²) in [4.78, 5) is 19.0. The fraction of sp³-hybridized carbons (Fsp3) is 0.583. The first kappa shape index (κ1) is 26.5. The quantitative estimate of drug-likeness (QED) is 0.294. The molecule has 1 atom stereocenters. The topological polar surface area (TPSA) is 53.9 Å². The molecule has 0 aromatic heterocycles. The molecule has 0 unspecified atom stereocenters. The fourth-order valence-corrected chi connectivity index (χ4v) is 4.04. The van der Waals surface area contributed by atoms with Crippen molar-refractivity contribution in [1.29, 1.82) is 0 Å². The summed E-state index contributed by atoms with van der Waals surface area (Å²) in [5.41, 5.74) is 3.75. The maximum absolute atomic E-state index is 12.8. The average molecular weight is 527 g/mol. The summed E-state index contributed by atoms with van der Waals surface area (Å²) in [5.74, 6) is 1.20. The van der Waals surface area contributed by atoms with Gasteiger partial charge in [0.05, 0.1) is 0 Å². The van der Waals surface area contributed by atoms with Crippen LogP contribution in [0.4, 0.5) is 4.79 Å². The van der Waals surface area contributed by atoms with Crippen LogP contribution in [-0.2, 0) is 4.74 Å². The van der Waals surface area contributed by atoms with Crippen LogP contribution in [0.1, 0.15) is 61.3 Å². The lowest BCUT2D eigenvalue weighted by Gasteiger charge is -2.33. The summed E-state index contributed by atoms with van der Waals surface area (Å²) in [6.45, 7) is 23.1. The third-order valence-corrected chi connectivity index (χ3v) is 5.44. The number of amidine groups is 1. The standard InChI is InChI=1S/C24H38IN3O2/c1-15(2)14-28(23(29)30-24(7,8)9)18(6)11-17(5)12-19(16(3)4)21-20(25)13-27-22(21)26-10/h13,15,18H,3,5,11-12,14H2,1-2,4,6-10H3,(H,26,27)/b21-19-/t18-/m1/s1. The van der Waals surface area contributed by atoms with Crippen molar-refractivity contribution < 1.29 is 9.53 Å². The second-order valence-electron chi connectivity index (χ2n) is 9.35. The van der Waals surface area contributed by atoms with Crippen LogP contribution in [0.2, 0.25) is 0 Å². The van der Waals surface area contributed by atoms with Gasteiger partial charge in [0.15, 0.2) is 0 Å². The van der Waals surface area contributed by atoms with Gasteiger partial charge in [0.25, 0.3) is 0 Å². The van der Waals surface area contributed by atoms with Gasteiger partial charge in [-0.3, -0.25) is 4.99 Å². The van der Waals surface area contributed by atoms with E-state index in [1.807, 2.05) is 38.8 Å². The molecular formula is C24H38IN3O2. The van der Waals surface area contributed by atoms with E-state index in [-0.39, 0.29) is 12.1 Å². The Hall–Kier alpha value is -1.57. The number of hydrogen-bond acceptors (Lipinski definition) is 3. The number of rotatable bonds is 8. The van der Waals surface area contributed by atoms with Gasteiger partial charge in [0, 0.05) is 35.0 Å². The molecule has 0 bridgehead atoms. The lowest BCUT2D eigenvalue weighted by Crippen LogP contribution is -2.44. The Morgan fingerprint density at radius 3 is 2.37 bits per heavy atom. The number of amides is 1. The first-order valence-electron chi connectivity index (χ1n) is 10.4. The first-order valence-corrected chi connectivity index (χ1v) is 11.5. The molecule has 1 heterocycles. The Morgan fingerprint density at radius 1 is 1.30 bits per heavy atom. The highest BCUT2D eigenvalue weighted by Crippen LogP contribution is 2.33. The van der Waals surface area contributed by atoms with Crippen molar-refractivity contribution in [2.45, 2.75) is 73.0 Å². The second-order valence-corrected chi connectivity index (χ2v) is 10.5. The summed E-state index contributed by atoms with van der Waals surface area (Å²) >= 11 is 2.32. The number of carbonyl (C=O) groups is 1. The van der Waals surface area contributed by atoms with Crippen LogP contribution < -0.4 is 5.32 Å². The molecule has 0 saturated heterocycles. The highest BCUT2D eigenvalue weighted by Gasteiger charge is 2.28. The van der Waals surface area contributed by atoms with Crippen LogP contribution in [0, 0.1) is 5.92 Å². The molecule has 6 heteroatoms. The molecule has 0 radical (unpaired) electrons. The van der Waals surface area contributed by atoms with E-state index in [0.717, 1.165) is 31.7 Å². The van der Waals surface area contributed by atoms with Gasteiger partial charge in [-0.2, -0.15) is 0 Å². The van der Waals surface area contributed by atoms with Gasteiger partial charge in [-0.15, -0.1) is 0 Å². The summed E-state index contributed by atoms with van der Waals surface area (Å²) in [6.07, 6.45) is 3.08. The number of nitrogens with one attached hydrogen (secondary N) is 1. The van der Waals surface area contributed by atoms with Crippen LogP contribution >= 0.6 is 22.6 Å². The van der Waals surface area contributed by atoms with Crippen LogP contribution in [0.3, 0.4) is 0 Å². The Balaban J connectivity index is 3.03. The van der Waals surface area contributed by atoms with Crippen molar-refractivity contribution in [3.63, 3.8) is 0 Å². The van der Waals surface area contributed by atoms with Crippen molar-refractivity contribution in [3.8, 4) is 0 Å². The maximum atomic E-state index is 12.8. The molecule has 1 rings (SSSR count). The van der Waals surface area contributed by atoms with Gasteiger partial charge < -0.3 is 15.0 Å². The van der Waals surface area contributed by atoms with Crippen LogP contribution in [0.15, 0.2) is 50.2 Å². The largest absolute Gasteiger partial charge is 0.444 e. The third-order valence-electron chi connectivity index (χ3n) is 4.58. The van der Waals surface area contributed by atoms with E-state index in [0.29, 0.717) is 25.3 Å². The zero-order valence-electron chi connectivity index (χ0n) is 19.9. The highest BCUT2D eigenvalue weighted by atomic mass is 127. The number of carbonyl (C=O) groups excluding carboxylic acids is 1. The SMILES string of the molecule is C=C(C/C(C(=C)C)=C1\C(I)=CN\C1=N\C)C[C@@H](C)N(CC(C)C)C(=O)OC(C)(C)C. The predicted octanol–water partition coefficient (Wildman–Crippen LogP) is 6.39. The number of halogens is 1. The van der Waals surface area contributed by atoms with Gasteiger partial charge in [0.2, 0.25) is 0 Å². The molecule has 0 aromatic rings. The summed E-state index contributed by atoms with van der Waals surface area (Å²) in [7, 11) is 1.78. The molecule has 30 heavy (non-hydrogen) atoms. The van der Waals surface area contributed by atoms with Crippen LogP contribution in [0.5, 0.6) is 0 Å². The maximum Gasteiger partial charge on any atom is 0.410 e. The van der Waals surface area contributed by atoms with E-state index in [1.54, 1.807) is 7.05 Å². The Bertz CT molecular complexity index is 770. The zero-order valence-corrected chi connectivity index (χ0v) is 22.0. The summed E-state index contributed by atoms with van der Waals surface area (Å²) < 4.78 is 6.76. The van der Waals surface area contributed by atoms with E-state index in [9.17, 15) is 4.79 Å². The monoisotopic (exact) mass is 527 g/mol. The van der Waals surface area contributed by atoms with E-state index >= 15 is 0 Å². The van der Waals surface area contributed by atoms with Crippen molar-refractivity contribution in [2.24, 2.45) is 10.9 Å². The van der Waals surface area contributed by atoms with Crippen molar-refractivity contribution in [1.82, 2.24) is 10.2 Å². The molecule has 1 amide bonds. The van der Waals surface area contributed by atoms with Crippen molar-refractivity contribution >= 4 is 34.5 Å². The van der Waals surface area contributed by atoms with Gasteiger partial charge in [-0.05, 0) is 81.5 Å². The fourth-order valence-electron chi connectivity index (χ4n) is 3.30. The lowest BCUT2D eigenvalue weighted by atomic mass is 9.92. The van der Waals surface area contributed by atoms with Crippen LogP contribution in [-0.4, -0.2) is 42.1 Å². The first-order chi connectivity index (χ1) is 13.8. The molecule has 1 aliphatic heterocycles. The minimum Gasteiger partial charge on any atom is -0.444 e. The molecule has 0 aliphatic carbocycles. The Kier molecular flexibility index (Phi) is 9.85. The molecule has 1 N–H and O–H groups in total. The van der Waals surface area contributed by atoms with E-state index in [4.69, 9.17) is 4.74 Å². The predicted molar refractivity (Wildman–Crippen MR) is 136 cm³/mol. The normalized spacial score (nSPS) is 18.1. The van der Waals surface area contributed by atoms with Gasteiger partial charge in [-0.25, -0.2) is 4.79 Å². The molecular weight excluding hydrogens is 489 g/mol. The van der Waals surface area contributed by atoms with Gasteiger partial charge in [0.1, 0.15) is 11.4 Å². The number of allylic oxidation sites excluding steroid dienone is 2. The minimum atomic E-state index is -0.519. The van der Waals surface area contributed by atoms with E-state index in [2.05, 4.69) is 66.8 Å². The minimum absolute atomic E-state index is 0.0123. The molecule has 0 fully saturated rings. The van der Waals surface area contributed by atoms with E-state index < -0.39 is 5.60 Å². The molecule has 0 spiro atoms. The molecule has 5 nitrogen and oxygen atoms in total. The molecule has 0 saturated carbocycles. The lowest BCUT2D eigenvalue weighted by molar-refractivity contribution is 0.0150. The third kappa shape index (κ3) is 7.93. The Labute approximate surface area is 196 Å². The van der Waals surface area contributed by atoms with Crippen LogP contribution in [0.25, 0.3) is 0 Å². The Morgan fingerprint density at radius 2 is 1.90 bits per heavy atom. The number of hydrogen-bond donors (Lipinski definition) is 1. The molecule has 168 valence electrons. The van der Waals surface area contributed by atoms with Gasteiger partial charge in [-0.1, -0.05) is 38.2 Å². The average Bonchev–Trinajstić information content (AvgIpc) is 2.95. The van der Waals surface area contributed by atoms with Gasteiger partial charge >= 0.3 is 6.09 Å². The molecule has 0 aromatic carbocycles. The number of nitrogens with zero attached hydrogens (tertiary/aromatic N) is 2. The number of aliphatic imine (C=N–C) groups is 1. The summed E-state index contributed by atoms with van der Waals surface area (Å²) in [5, 5.41) is 3.21.